The number of carbonyl (C=O) groups excluding carboxylic acids is 3. The molecule has 172 valence electrons. The van der Waals surface area contributed by atoms with Gasteiger partial charge in [0.2, 0.25) is 0 Å². The van der Waals surface area contributed by atoms with Crippen LogP contribution in [-0.4, -0.2) is 48.9 Å². The molecule has 6 nitrogen and oxygen atoms in total. The molecule has 0 heterocycles. The molecule has 0 aliphatic carbocycles. The molecule has 0 saturated carbocycles. The molecule has 0 saturated heterocycles. The summed E-state index contributed by atoms with van der Waals surface area (Å²) >= 11 is 0. The first kappa shape index (κ1) is 25.1. The molecule has 0 spiro atoms. The summed E-state index contributed by atoms with van der Waals surface area (Å²) < 4.78 is 10.8. The van der Waals surface area contributed by atoms with Crippen LogP contribution in [0.25, 0.3) is 0 Å². The van der Waals surface area contributed by atoms with Crippen LogP contribution in [-0.2, 0) is 14.3 Å². The monoisotopic (exact) mass is 439 g/mol. The van der Waals surface area contributed by atoms with Crippen molar-refractivity contribution in [3.63, 3.8) is 0 Å². The zero-order valence-electron chi connectivity index (χ0n) is 19.0. The molecule has 0 N–H and O–H groups in total. The highest BCUT2D eigenvalue weighted by Crippen LogP contribution is 2.16. The molecule has 0 unspecified atom stereocenters. The van der Waals surface area contributed by atoms with Gasteiger partial charge in [-0.1, -0.05) is 57.0 Å². The Morgan fingerprint density at radius 1 is 0.812 bits per heavy atom. The van der Waals surface area contributed by atoms with Crippen LogP contribution in [0.1, 0.15) is 61.9 Å². The minimum absolute atomic E-state index is 0.0650. The van der Waals surface area contributed by atoms with Gasteiger partial charge in [-0.2, -0.15) is 0 Å². The molecular formula is C26H33NO5. The van der Waals surface area contributed by atoms with Gasteiger partial charge >= 0.3 is 5.97 Å². The minimum atomic E-state index is -0.285. The first-order valence-electron chi connectivity index (χ1n) is 11.3. The van der Waals surface area contributed by atoms with Crippen LogP contribution in [0, 0.1) is 0 Å². The Balaban J connectivity index is 1.86. The van der Waals surface area contributed by atoms with Crippen molar-refractivity contribution in [2.45, 2.75) is 46.0 Å². The van der Waals surface area contributed by atoms with Crippen LogP contribution in [0.3, 0.4) is 0 Å². The van der Waals surface area contributed by atoms with E-state index in [2.05, 4.69) is 6.92 Å². The molecule has 1 amide bonds. The van der Waals surface area contributed by atoms with Gasteiger partial charge in [0.15, 0.2) is 12.4 Å². The summed E-state index contributed by atoms with van der Waals surface area (Å²) in [5.74, 6) is -0.0150. The molecule has 2 aromatic rings. The van der Waals surface area contributed by atoms with E-state index >= 15 is 0 Å². The van der Waals surface area contributed by atoms with E-state index in [1.54, 1.807) is 41.3 Å². The van der Waals surface area contributed by atoms with Crippen molar-refractivity contribution in [3.8, 4) is 5.75 Å². The average Bonchev–Trinajstić information content (AvgIpc) is 2.83. The Morgan fingerprint density at radius 2 is 1.47 bits per heavy atom. The summed E-state index contributed by atoms with van der Waals surface area (Å²) in [4.78, 5) is 38.7. The number of benzene rings is 2. The summed E-state index contributed by atoms with van der Waals surface area (Å²) in [6.07, 6.45) is 3.78. The van der Waals surface area contributed by atoms with Gasteiger partial charge in [0.05, 0.1) is 13.0 Å². The summed E-state index contributed by atoms with van der Waals surface area (Å²) in [7, 11) is 0. The van der Waals surface area contributed by atoms with E-state index in [-0.39, 0.29) is 30.7 Å². The molecule has 0 bridgehead atoms. The van der Waals surface area contributed by atoms with Crippen molar-refractivity contribution in [2.75, 3.05) is 26.3 Å². The van der Waals surface area contributed by atoms with E-state index in [1.807, 2.05) is 25.1 Å². The average molecular weight is 440 g/mol. The fraction of sp³-hybridized carbons (Fsp3) is 0.423. The molecule has 2 aromatic carbocycles. The standard InChI is InChI=1S/C26H33NO5/c1-3-5-17-27(18-16-25(29)31-19-6-4-2)24(28)20-32-23-14-12-22(13-15-23)26(30)21-10-8-7-9-11-21/h7-15H,3-6,16-20H2,1-2H3. The highest BCUT2D eigenvalue weighted by atomic mass is 16.5. The lowest BCUT2D eigenvalue weighted by Gasteiger charge is -2.22. The third-order valence-corrected chi connectivity index (χ3v) is 5.00. The first-order valence-corrected chi connectivity index (χ1v) is 11.3. The number of ketones is 1. The number of esters is 1. The Labute approximate surface area is 190 Å². The summed E-state index contributed by atoms with van der Waals surface area (Å²) in [6.45, 7) is 5.28. The zero-order chi connectivity index (χ0) is 23.2. The SMILES string of the molecule is CCCCOC(=O)CCN(CCCC)C(=O)COc1ccc(C(=O)c2ccccc2)cc1. The maximum absolute atomic E-state index is 12.7. The van der Waals surface area contributed by atoms with Crippen LogP contribution in [0.5, 0.6) is 5.75 Å². The van der Waals surface area contributed by atoms with E-state index in [1.165, 1.54) is 0 Å². The number of unbranched alkanes of at least 4 members (excludes halogenated alkanes) is 2. The second kappa shape index (κ2) is 14.0. The predicted octanol–water partition coefficient (Wildman–Crippen LogP) is 4.66. The van der Waals surface area contributed by atoms with Gasteiger partial charge in [-0.05, 0) is 37.1 Å². The topological polar surface area (TPSA) is 72.9 Å². The molecule has 2 rings (SSSR count). The minimum Gasteiger partial charge on any atom is -0.484 e. The number of rotatable bonds is 14. The fourth-order valence-corrected chi connectivity index (χ4v) is 3.03. The molecule has 0 atom stereocenters. The van der Waals surface area contributed by atoms with E-state index in [0.29, 0.717) is 36.6 Å². The normalized spacial score (nSPS) is 10.4. The molecule has 0 radical (unpaired) electrons. The number of amides is 1. The van der Waals surface area contributed by atoms with Crippen LogP contribution >= 0.6 is 0 Å². The quantitative estimate of drug-likeness (QED) is 0.243. The second-order valence-corrected chi connectivity index (χ2v) is 7.57. The lowest BCUT2D eigenvalue weighted by Crippen LogP contribution is -2.37. The Bertz CT molecular complexity index is 848. The van der Waals surface area contributed by atoms with Crippen LogP contribution < -0.4 is 4.74 Å². The number of hydrogen-bond acceptors (Lipinski definition) is 5. The van der Waals surface area contributed by atoms with E-state index in [9.17, 15) is 14.4 Å². The van der Waals surface area contributed by atoms with Crippen molar-refractivity contribution in [1.29, 1.82) is 0 Å². The van der Waals surface area contributed by atoms with Crippen LogP contribution in [0.4, 0.5) is 0 Å². The van der Waals surface area contributed by atoms with Crippen molar-refractivity contribution < 1.29 is 23.9 Å². The highest BCUT2D eigenvalue weighted by Gasteiger charge is 2.16. The van der Waals surface area contributed by atoms with Gasteiger partial charge < -0.3 is 14.4 Å². The highest BCUT2D eigenvalue weighted by molar-refractivity contribution is 6.08. The van der Waals surface area contributed by atoms with Crippen molar-refractivity contribution in [1.82, 2.24) is 4.90 Å². The largest absolute Gasteiger partial charge is 0.484 e. The van der Waals surface area contributed by atoms with Crippen molar-refractivity contribution in [2.24, 2.45) is 0 Å². The van der Waals surface area contributed by atoms with E-state index < -0.39 is 0 Å². The van der Waals surface area contributed by atoms with Crippen molar-refractivity contribution in [3.05, 3.63) is 65.7 Å². The number of hydrogen-bond donors (Lipinski definition) is 0. The Morgan fingerprint density at radius 3 is 2.12 bits per heavy atom. The molecule has 6 heteroatoms. The molecular weight excluding hydrogens is 406 g/mol. The van der Waals surface area contributed by atoms with E-state index in [4.69, 9.17) is 9.47 Å². The second-order valence-electron chi connectivity index (χ2n) is 7.57. The lowest BCUT2D eigenvalue weighted by molar-refractivity contribution is -0.145. The maximum atomic E-state index is 12.7. The van der Waals surface area contributed by atoms with Gasteiger partial charge in [-0.25, -0.2) is 0 Å². The molecule has 0 aromatic heterocycles. The van der Waals surface area contributed by atoms with Crippen LogP contribution in [0.2, 0.25) is 0 Å². The third-order valence-electron chi connectivity index (χ3n) is 5.00. The molecule has 32 heavy (non-hydrogen) atoms. The lowest BCUT2D eigenvalue weighted by atomic mass is 10.0. The predicted molar refractivity (Wildman–Crippen MR) is 124 cm³/mol. The molecule has 0 aliphatic rings. The van der Waals surface area contributed by atoms with Gasteiger partial charge in [0.25, 0.3) is 5.91 Å². The first-order chi connectivity index (χ1) is 15.5. The smallest absolute Gasteiger partial charge is 0.307 e. The van der Waals surface area contributed by atoms with Crippen LogP contribution in [0.15, 0.2) is 54.6 Å². The van der Waals surface area contributed by atoms with Gasteiger partial charge in [-0.3, -0.25) is 14.4 Å². The van der Waals surface area contributed by atoms with E-state index in [0.717, 1.165) is 25.7 Å². The maximum Gasteiger partial charge on any atom is 0.307 e. The third kappa shape index (κ3) is 8.53. The molecule has 0 fully saturated rings. The fourth-order valence-electron chi connectivity index (χ4n) is 3.03. The summed E-state index contributed by atoms with van der Waals surface area (Å²) in [6, 6.07) is 15.8. The number of carbonyl (C=O) groups is 3. The van der Waals surface area contributed by atoms with Crippen molar-refractivity contribution >= 4 is 17.7 Å². The molecule has 0 aliphatic heterocycles. The Hall–Kier alpha value is -3.15. The van der Waals surface area contributed by atoms with Gasteiger partial charge in [-0.15, -0.1) is 0 Å². The Kier molecular flexibility index (Phi) is 11.0. The summed E-state index contributed by atoms with van der Waals surface area (Å²) in [5.41, 5.74) is 1.18. The number of nitrogens with zero attached hydrogens (tertiary/aromatic N) is 1. The number of ether oxygens (including phenoxy) is 2. The van der Waals surface area contributed by atoms with Gasteiger partial charge in [0.1, 0.15) is 5.75 Å². The van der Waals surface area contributed by atoms with Gasteiger partial charge in [0, 0.05) is 24.2 Å². The summed E-state index contributed by atoms with van der Waals surface area (Å²) in [5, 5.41) is 0. The zero-order valence-corrected chi connectivity index (χ0v) is 19.0.